The quantitative estimate of drug-likeness (QED) is 0.590. The minimum Gasteiger partial charge on any atom is -0.458 e. The molecule has 0 aromatic heterocycles. The Bertz CT molecular complexity index is 1090. The number of Topliss-reactive ketones (excluding diaryl/α,β-unsaturated/α-hetero) is 1. The summed E-state index contributed by atoms with van der Waals surface area (Å²) in [6.07, 6.45) is 7.23. The molecule has 1 heterocycles. The van der Waals surface area contributed by atoms with Gasteiger partial charge in [0, 0.05) is 36.5 Å². The van der Waals surface area contributed by atoms with E-state index in [0.717, 1.165) is 12.8 Å². The third kappa shape index (κ3) is 2.81. The van der Waals surface area contributed by atoms with E-state index in [4.69, 9.17) is 14.2 Å². The maximum absolute atomic E-state index is 17.4. The summed E-state index contributed by atoms with van der Waals surface area (Å²) in [5.41, 5.74) is -4.72. The Balaban J connectivity index is 1.44. The molecule has 1 spiro atoms. The van der Waals surface area contributed by atoms with Gasteiger partial charge in [0.15, 0.2) is 29.4 Å². The fourth-order valence-corrected chi connectivity index (χ4v) is 9.04. The van der Waals surface area contributed by atoms with Crippen LogP contribution in [0.15, 0.2) is 23.8 Å². The van der Waals surface area contributed by atoms with Crippen LogP contribution in [0, 0.1) is 22.7 Å². The largest absolute Gasteiger partial charge is 0.458 e. The van der Waals surface area contributed by atoms with Gasteiger partial charge in [-0.05, 0) is 63.5 Å². The molecule has 5 aliphatic carbocycles. The lowest BCUT2D eigenvalue weighted by atomic mass is 9.44. The number of aliphatic hydroxyl groups excluding tert-OH is 1. The summed E-state index contributed by atoms with van der Waals surface area (Å²) in [5, 5.41) is 11.6. The number of halogens is 1. The fourth-order valence-electron chi connectivity index (χ4n) is 9.04. The molecule has 0 radical (unpaired) electrons. The molecule has 5 fully saturated rings. The number of carbonyl (C=O) groups is 3. The van der Waals surface area contributed by atoms with Crippen molar-refractivity contribution in [1.29, 1.82) is 0 Å². The highest BCUT2D eigenvalue weighted by Gasteiger charge is 2.80. The molecule has 0 unspecified atom stereocenters. The Labute approximate surface area is 210 Å². The van der Waals surface area contributed by atoms with Gasteiger partial charge in [-0.1, -0.05) is 18.6 Å². The monoisotopic (exact) mass is 502 g/mol. The molecule has 7 nitrogen and oxygen atoms in total. The van der Waals surface area contributed by atoms with Crippen molar-refractivity contribution in [3.05, 3.63) is 23.8 Å². The van der Waals surface area contributed by atoms with Crippen molar-refractivity contribution in [2.45, 2.75) is 101 Å². The number of carbonyl (C=O) groups excluding carboxylic acids is 3. The van der Waals surface area contributed by atoms with Crippen LogP contribution in [0.25, 0.3) is 0 Å². The van der Waals surface area contributed by atoms with Gasteiger partial charge in [-0.25, -0.2) is 4.39 Å². The number of ether oxygens (including phenoxy) is 3. The van der Waals surface area contributed by atoms with E-state index in [-0.39, 0.29) is 23.9 Å². The maximum Gasteiger partial charge on any atom is 0.303 e. The number of fused-ring (bicyclic) bond motifs is 7. The van der Waals surface area contributed by atoms with Crippen molar-refractivity contribution >= 4 is 17.5 Å². The molecule has 36 heavy (non-hydrogen) atoms. The number of rotatable bonds is 3. The van der Waals surface area contributed by atoms with Crippen molar-refractivity contribution in [2.24, 2.45) is 22.7 Å². The van der Waals surface area contributed by atoms with Crippen molar-refractivity contribution in [3.63, 3.8) is 0 Å². The zero-order chi connectivity index (χ0) is 25.7. The molecule has 1 aliphatic heterocycles. The number of esters is 1. The number of allylic oxidation sites excluding steroid dienone is 4. The minimum absolute atomic E-state index is 0.0110. The smallest absolute Gasteiger partial charge is 0.303 e. The maximum atomic E-state index is 17.4. The molecule has 1 N–H and O–H groups in total. The molecular formula is C28H35FO7. The summed E-state index contributed by atoms with van der Waals surface area (Å²) >= 11 is 0. The summed E-state index contributed by atoms with van der Waals surface area (Å²) < 4.78 is 35.8. The lowest BCUT2D eigenvalue weighted by Crippen LogP contribution is -2.70. The Morgan fingerprint density at radius 1 is 1.22 bits per heavy atom. The van der Waals surface area contributed by atoms with Gasteiger partial charge < -0.3 is 19.3 Å². The van der Waals surface area contributed by atoms with E-state index < -0.39 is 58.6 Å². The van der Waals surface area contributed by atoms with Crippen molar-refractivity contribution in [1.82, 2.24) is 0 Å². The average Bonchev–Trinajstić information content (AvgIpc) is 3.47. The average molecular weight is 503 g/mol. The van der Waals surface area contributed by atoms with Crippen molar-refractivity contribution in [2.75, 3.05) is 6.61 Å². The second-order valence-corrected chi connectivity index (χ2v) is 12.3. The Hall–Kier alpha value is -1.90. The van der Waals surface area contributed by atoms with Crippen LogP contribution in [0.1, 0.15) is 72.1 Å². The van der Waals surface area contributed by atoms with Gasteiger partial charge in [0.25, 0.3) is 0 Å². The molecule has 0 aromatic carbocycles. The number of hydrogen-bond acceptors (Lipinski definition) is 7. The predicted octanol–water partition coefficient (Wildman–Crippen LogP) is 3.52. The van der Waals surface area contributed by atoms with E-state index in [1.165, 1.54) is 19.1 Å². The molecule has 8 heteroatoms. The first-order chi connectivity index (χ1) is 16.9. The van der Waals surface area contributed by atoms with Gasteiger partial charge in [-0.15, -0.1) is 0 Å². The molecule has 0 bridgehead atoms. The molecule has 4 saturated carbocycles. The molecule has 0 amide bonds. The molecule has 196 valence electrons. The van der Waals surface area contributed by atoms with Crippen LogP contribution in [-0.2, 0) is 28.6 Å². The van der Waals surface area contributed by atoms with Crippen LogP contribution in [0.3, 0.4) is 0 Å². The summed E-state index contributed by atoms with van der Waals surface area (Å²) in [7, 11) is 0. The zero-order valence-corrected chi connectivity index (χ0v) is 21.2. The van der Waals surface area contributed by atoms with E-state index in [9.17, 15) is 19.5 Å². The third-order valence-corrected chi connectivity index (χ3v) is 10.7. The zero-order valence-electron chi connectivity index (χ0n) is 21.2. The van der Waals surface area contributed by atoms with Gasteiger partial charge in [-0.2, -0.15) is 0 Å². The number of hydrogen-bond donors (Lipinski definition) is 1. The van der Waals surface area contributed by atoms with E-state index in [0.29, 0.717) is 37.7 Å². The Morgan fingerprint density at radius 3 is 2.64 bits per heavy atom. The number of alkyl halides is 1. The molecule has 1 saturated heterocycles. The standard InChI is InChI=1S/C28H35FO7/c1-16(30)34-15-22(33)28-23(35-26(36-28)9-4-5-10-26)13-20-19-7-6-17-12-18(31)8-11-24(17,2)27(19,29)21(32)14-25(20,28)3/h8,11-12,19-21,23,32H,4-7,9-10,13-15H2,1-3H3/t19-,20+,21-,23+,24-,25-,27-,28+/m0/s1. The predicted molar refractivity (Wildman–Crippen MR) is 125 cm³/mol. The summed E-state index contributed by atoms with van der Waals surface area (Å²) in [6.45, 7) is 4.52. The second-order valence-electron chi connectivity index (χ2n) is 12.3. The van der Waals surface area contributed by atoms with Gasteiger partial charge in [0.05, 0.1) is 12.2 Å². The van der Waals surface area contributed by atoms with Crippen LogP contribution < -0.4 is 0 Å². The van der Waals surface area contributed by atoms with Crippen LogP contribution in [0.5, 0.6) is 0 Å². The van der Waals surface area contributed by atoms with Crippen LogP contribution in [0.2, 0.25) is 0 Å². The van der Waals surface area contributed by atoms with E-state index in [1.54, 1.807) is 13.0 Å². The highest BCUT2D eigenvalue weighted by molar-refractivity contribution is 6.01. The fraction of sp³-hybridized carbons (Fsp3) is 0.750. The first kappa shape index (κ1) is 24.4. The van der Waals surface area contributed by atoms with Crippen LogP contribution in [-0.4, -0.2) is 58.5 Å². The van der Waals surface area contributed by atoms with Crippen molar-refractivity contribution in [3.8, 4) is 0 Å². The molecule has 6 rings (SSSR count). The molecular weight excluding hydrogens is 467 g/mol. The molecule has 0 aromatic rings. The first-order valence-corrected chi connectivity index (χ1v) is 13.3. The summed E-state index contributed by atoms with van der Waals surface area (Å²) in [6, 6.07) is 0. The topological polar surface area (TPSA) is 99.1 Å². The number of ketones is 2. The van der Waals surface area contributed by atoms with E-state index >= 15 is 4.39 Å². The van der Waals surface area contributed by atoms with Gasteiger partial charge in [0.2, 0.25) is 5.78 Å². The van der Waals surface area contributed by atoms with Gasteiger partial charge in [-0.3, -0.25) is 14.4 Å². The van der Waals surface area contributed by atoms with E-state index in [2.05, 4.69) is 0 Å². The second kappa shape index (κ2) is 7.58. The SMILES string of the molecule is CC(=O)OCC(=O)[C@@]12OC3(CCCC3)O[C@@H]1C[C@@H]1[C@@H]3CCC4=CC(=O)C=C[C@]4(C)[C@@]3(F)[C@@H](O)C[C@@]12C. The molecule has 6 aliphatic rings. The van der Waals surface area contributed by atoms with Crippen LogP contribution >= 0.6 is 0 Å². The van der Waals surface area contributed by atoms with E-state index in [1.807, 2.05) is 6.92 Å². The normalized spacial score (nSPS) is 48.1. The number of aliphatic hydroxyl groups is 1. The van der Waals surface area contributed by atoms with Crippen LogP contribution in [0.4, 0.5) is 4.39 Å². The summed E-state index contributed by atoms with van der Waals surface area (Å²) in [5.74, 6) is -2.80. The Kier molecular flexibility index (Phi) is 5.14. The van der Waals surface area contributed by atoms with Gasteiger partial charge in [0.1, 0.15) is 0 Å². The van der Waals surface area contributed by atoms with Gasteiger partial charge >= 0.3 is 5.97 Å². The first-order valence-electron chi connectivity index (χ1n) is 13.3. The lowest BCUT2D eigenvalue weighted by molar-refractivity contribution is -0.253. The highest BCUT2D eigenvalue weighted by Crippen LogP contribution is 2.73. The molecule has 8 atom stereocenters. The lowest BCUT2D eigenvalue weighted by Gasteiger charge is -2.62. The third-order valence-electron chi connectivity index (χ3n) is 10.7. The van der Waals surface area contributed by atoms with Crippen molar-refractivity contribution < 1.29 is 38.1 Å². The summed E-state index contributed by atoms with van der Waals surface area (Å²) in [4.78, 5) is 37.5. The Morgan fingerprint density at radius 2 is 1.94 bits per heavy atom. The minimum atomic E-state index is -2.00. The highest BCUT2D eigenvalue weighted by atomic mass is 19.1.